The molecule has 2 heterocycles. The zero-order valence-electron chi connectivity index (χ0n) is 15.0. The van der Waals surface area contributed by atoms with E-state index >= 15 is 0 Å². The maximum atomic E-state index is 14.7. The predicted molar refractivity (Wildman–Crippen MR) is 105 cm³/mol. The van der Waals surface area contributed by atoms with E-state index in [1.54, 1.807) is 30.3 Å². The SMILES string of the molecule is O=C(Nc1ccc2c(c1F)CCNC2)c1cccc(CN2C(=O)CSC2=O)c1. The van der Waals surface area contributed by atoms with Crippen molar-refractivity contribution >= 4 is 34.5 Å². The summed E-state index contributed by atoms with van der Waals surface area (Å²) < 4.78 is 14.7. The lowest BCUT2D eigenvalue weighted by Crippen LogP contribution is -2.28. The van der Waals surface area contributed by atoms with Gasteiger partial charge in [-0.2, -0.15) is 0 Å². The van der Waals surface area contributed by atoms with E-state index in [0.717, 1.165) is 17.3 Å². The fraction of sp³-hybridized carbons (Fsp3) is 0.250. The second kappa shape index (κ2) is 7.73. The largest absolute Gasteiger partial charge is 0.319 e. The summed E-state index contributed by atoms with van der Waals surface area (Å²) in [7, 11) is 0. The topological polar surface area (TPSA) is 78.5 Å². The second-order valence-corrected chi connectivity index (χ2v) is 7.61. The van der Waals surface area contributed by atoms with Crippen molar-refractivity contribution < 1.29 is 18.8 Å². The number of fused-ring (bicyclic) bond motifs is 1. The number of nitrogens with one attached hydrogen (secondary N) is 2. The third-order valence-electron chi connectivity index (χ3n) is 4.83. The van der Waals surface area contributed by atoms with Crippen LogP contribution in [0.15, 0.2) is 36.4 Å². The van der Waals surface area contributed by atoms with Crippen molar-refractivity contribution in [1.29, 1.82) is 0 Å². The Hall–Kier alpha value is -2.71. The Labute approximate surface area is 165 Å². The maximum Gasteiger partial charge on any atom is 0.289 e. The van der Waals surface area contributed by atoms with Gasteiger partial charge in [0.25, 0.3) is 11.1 Å². The maximum absolute atomic E-state index is 14.7. The molecule has 144 valence electrons. The van der Waals surface area contributed by atoms with Crippen molar-refractivity contribution in [1.82, 2.24) is 10.2 Å². The summed E-state index contributed by atoms with van der Waals surface area (Å²) in [5, 5.41) is 5.53. The number of anilines is 1. The lowest BCUT2D eigenvalue weighted by molar-refractivity contribution is -0.125. The monoisotopic (exact) mass is 399 g/mol. The molecule has 0 spiro atoms. The number of rotatable bonds is 4. The highest BCUT2D eigenvalue weighted by atomic mass is 32.2. The first kappa shape index (κ1) is 18.6. The van der Waals surface area contributed by atoms with Crippen molar-refractivity contribution in [2.45, 2.75) is 19.5 Å². The van der Waals surface area contributed by atoms with Crippen LogP contribution in [-0.4, -0.2) is 34.3 Å². The van der Waals surface area contributed by atoms with E-state index in [-0.39, 0.29) is 29.1 Å². The van der Waals surface area contributed by atoms with Gasteiger partial charge in [0, 0.05) is 12.1 Å². The number of halogens is 1. The summed E-state index contributed by atoms with van der Waals surface area (Å²) in [5.41, 5.74) is 2.68. The van der Waals surface area contributed by atoms with Crippen LogP contribution in [0, 0.1) is 5.82 Å². The average Bonchev–Trinajstić information content (AvgIpc) is 3.02. The smallest absolute Gasteiger partial charge is 0.289 e. The molecule has 28 heavy (non-hydrogen) atoms. The molecule has 4 rings (SSSR count). The minimum absolute atomic E-state index is 0.117. The highest BCUT2D eigenvalue weighted by Crippen LogP contribution is 2.25. The molecule has 3 amide bonds. The summed E-state index contributed by atoms with van der Waals surface area (Å²) in [6, 6.07) is 10.0. The van der Waals surface area contributed by atoms with E-state index in [4.69, 9.17) is 0 Å². The number of carbonyl (C=O) groups is 3. The number of hydrogen-bond acceptors (Lipinski definition) is 5. The third kappa shape index (κ3) is 3.65. The van der Waals surface area contributed by atoms with Crippen molar-refractivity contribution in [3.8, 4) is 0 Å². The molecule has 2 aromatic rings. The number of benzene rings is 2. The Morgan fingerprint density at radius 3 is 2.89 bits per heavy atom. The minimum Gasteiger partial charge on any atom is -0.319 e. The second-order valence-electron chi connectivity index (χ2n) is 6.68. The first-order chi connectivity index (χ1) is 13.5. The molecule has 0 aromatic heterocycles. The highest BCUT2D eigenvalue weighted by Gasteiger charge is 2.29. The van der Waals surface area contributed by atoms with Crippen molar-refractivity contribution in [2.24, 2.45) is 0 Å². The number of hydrogen-bond donors (Lipinski definition) is 2. The molecule has 1 fully saturated rings. The summed E-state index contributed by atoms with van der Waals surface area (Å²) in [6.45, 7) is 1.44. The fourth-order valence-electron chi connectivity index (χ4n) is 3.35. The average molecular weight is 399 g/mol. The van der Waals surface area contributed by atoms with Gasteiger partial charge in [0.05, 0.1) is 18.0 Å². The normalized spacial score (nSPS) is 16.2. The van der Waals surface area contributed by atoms with Crippen LogP contribution in [0.5, 0.6) is 0 Å². The van der Waals surface area contributed by atoms with Crippen LogP contribution in [0.1, 0.15) is 27.0 Å². The molecule has 2 aliphatic heterocycles. The Morgan fingerprint density at radius 1 is 1.25 bits per heavy atom. The lowest BCUT2D eigenvalue weighted by atomic mass is 9.99. The summed E-state index contributed by atoms with van der Waals surface area (Å²) in [6.07, 6.45) is 0.580. The molecule has 0 saturated carbocycles. The Bertz CT molecular complexity index is 963. The molecular formula is C20H18FN3O3S. The van der Waals surface area contributed by atoms with Crippen LogP contribution in [0.2, 0.25) is 0 Å². The minimum atomic E-state index is -0.442. The van der Waals surface area contributed by atoms with Crippen molar-refractivity contribution in [3.63, 3.8) is 0 Å². The molecule has 0 aliphatic carbocycles. The fourth-order valence-corrected chi connectivity index (χ4v) is 4.08. The van der Waals surface area contributed by atoms with E-state index in [9.17, 15) is 18.8 Å². The molecule has 0 bridgehead atoms. The van der Waals surface area contributed by atoms with Gasteiger partial charge in [-0.05, 0) is 47.9 Å². The molecular weight excluding hydrogens is 381 g/mol. The molecule has 2 aromatic carbocycles. The van der Waals surface area contributed by atoms with Crippen LogP contribution in [0.3, 0.4) is 0 Å². The van der Waals surface area contributed by atoms with Crippen LogP contribution in [0.25, 0.3) is 0 Å². The standard InChI is InChI=1S/C20H18FN3O3S/c21-18-15-6-7-22-9-14(15)4-5-16(18)23-19(26)13-3-1-2-12(8-13)10-24-17(25)11-28-20(24)27/h1-5,8,22H,6-7,9-11H2,(H,23,26). The lowest BCUT2D eigenvalue weighted by Gasteiger charge is -2.19. The van der Waals surface area contributed by atoms with Gasteiger partial charge in [-0.15, -0.1) is 0 Å². The van der Waals surface area contributed by atoms with Gasteiger partial charge in [0.2, 0.25) is 5.91 Å². The highest BCUT2D eigenvalue weighted by molar-refractivity contribution is 8.14. The van der Waals surface area contributed by atoms with Crippen molar-refractivity contribution in [2.75, 3.05) is 17.6 Å². The van der Waals surface area contributed by atoms with Crippen molar-refractivity contribution in [3.05, 3.63) is 64.5 Å². The van der Waals surface area contributed by atoms with Gasteiger partial charge in [-0.1, -0.05) is 30.0 Å². The Morgan fingerprint density at radius 2 is 2.11 bits per heavy atom. The number of amides is 3. The van der Waals surface area contributed by atoms with E-state index in [1.165, 1.54) is 4.90 Å². The van der Waals surface area contributed by atoms with Gasteiger partial charge in [-0.25, -0.2) is 4.39 Å². The molecule has 2 aliphatic rings. The van der Waals surface area contributed by atoms with Gasteiger partial charge in [0.1, 0.15) is 5.82 Å². The molecule has 6 nitrogen and oxygen atoms in total. The number of imide groups is 1. The summed E-state index contributed by atoms with van der Waals surface area (Å²) >= 11 is 0.970. The predicted octanol–water partition coefficient (Wildman–Crippen LogP) is 2.92. The third-order valence-corrected chi connectivity index (χ3v) is 5.68. The van der Waals surface area contributed by atoms with Crippen LogP contribution in [-0.2, 0) is 24.3 Å². The van der Waals surface area contributed by atoms with E-state index in [1.807, 2.05) is 6.07 Å². The Balaban J connectivity index is 1.51. The van der Waals surface area contributed by atoms with E-state index in [0.29, 0.717) is 36.2 Å². The first-order valence-corrected chi connectivity index (χ1v) is 9.90. The summed E-state index contributed by atoms with van der Waals surface area (Å²) in [5.74, 6) is -0.932. The van der Waals surface area contributed by atoms with E-state index < -0.39 is 11.7 Å². The van der Waals surface area contributed by atoms with Gasteiger partial charge in [0.15, 0.2) is 0 Å². The molecule has 0 unspecified atom stereocenters. The summed E-state index contributed by atoms with van der Waals surface area (Å²) in [4.78, 5) is 37.3. The molecule has 1 saturated heterocycles. The van der Waals surface area contributed by atoms with E-state index in [2.05, 4.69) is 10.6 Å². The van der Waals surface area contributed by atoms with Gasteiger partial charge < -0.3 is 10.6 Å². The quantitative estimate of drug-likeness (QED) is 0.827. The zero-order valence-corrected chi connectivity index (χ0v) is 15.8. The van der Waals surface area contributed by atoms with Crippen LogP contribution < -0.4 is 10.6 Å². The number of nitrogens with zero attached hydrogens (tertiary/aromatic N) is 1. The molecule has 2 N–H and O–H groups in total. The van der Waals surface area contributed by atoms with Gasteiger partial charge in [-0.3, -0.25) is 19.3 Å². The van der Waals surface area contributed by atoms with Crippen LogP contribution in [0.4, 0.5) is 14.9 Å². The zero-order chi connectivity index (χ0) is 19.7. The molecule has 0 atom stereocenters. The van der Waals surface area contributed by atoms with Gasteiger partial charge >= 0.3 is 0 Å². The van der Waals surface area contributed by atoms with Crippen LogP contribution >= 0.6 is 11.8 Å². The Kier molecular flexibility index (Phi) is 5.15. The molecule has 8 heteroatoms. The number of thioether (sulfide) groups is 1. The number of carbonyl (C=O) groups excluding carboxylic acids is 3. The first-order valence-electron chi connectivity index (χ1n) is 8.91. The molecule has 0 radical (unpaired) electrons.